The van der Waals surface area contributed by atoms with E-state index in [-0.39, 0.29) is 38.2 Å². The molecule has 0 aromatic heterocycles. The molecule has 4 atom stereocenters. The smallest absolute Gasteiger partial charge is 0.326 e. The van der Waals surface area contributed by atoms with Gasteiger partial charge < -0.3 is 49.1 Å². The predicted molar refractivity (Wildman–Crippen MR) is 151 cm³/mol. The number of carbonyl (C=O) groups is 5. The number of nitrogens with zero attached hydrogens (tertiary/aromatic N) is 1. The molecule has 0 saturated heterocycles. The van der Waals surface area contributed by atoms with Crippen molar-refractivity contribution >= 4 is 35.6 Å². The van der Waals surface area contributed by atoms with E-state index < -0.39 is 60.2 Å². The van der Waals surface area contributed by atoms with Crippen LogP contribution in [0.25, 0.3) is 0 Å². The van der Waals surface area contributed by atoms with E-state index >= 15 is 0 Å². The van der Waals surface area contributed by atoms with Crippen LogP contribution in [0.4, 0.5) is 0 Å². The zero-order valence-corrected chi connectivity index (χ0v) is 23.0. The Morgan fingerprint density at radius 1 is 0.780 bits per heavy atom. The Kier molecular flexibility index (Phi) is 16.1. The van der Waals surface area contributed by atoms with Gasteiger partial charge in [0.15, 0.2) is 5.96 Å². The van der Waals surface area contributed by atoms with Gasteiger partial charge in [-0.3, -0.25) is 24.2 Å². The summed E-state index contributed by atoms with van der Waals surface area (Å²) in [7, 11) is 0. The number of hydrogen-bond acceptors (Lipinski definition) is 8. The van der Waals surface area contributed by atoms with E-state index in [1.54, 1.807) is 30.3 Å². The zero-order valence-electron chi connectivity index (χ0n) is 23.0. The second kappa shape index (κ2) is 18.9. The maximum atomic E-state index is 13.2. The van der Waals surface area contributed by atoms with Gasteiger partial charge in [0.05, 0.1) is 6.04 Å². The molecule has 0 heterocycles. The van der Waals surface area contributed by atoms with Crippen LogP contribution in [0.2, 0.25) is 0 Å². The number of hydrogen-bond donors (Lipinski definition) is 9. The summed E-state index contributed by atoms with van der Waals surface area (Å²) in [5.41, 5.74) is 22.7. The fourth-order valence-corrected chi connectivity index (χ4v) is 3.82. The number of carboxylic acid groups (broad SMARTS) is 2. The van der Waals surface area contributed by atoms with Gasteiger partial charge in [-0.2, -0.15) is 0 Å². The van der Waals surface area contributed by atoms with Crippen LogP contribution in [-0.4, -0.2) is 83.1 Å². The van der Waals surface area contributed by atoms with Crippen molar-refractivity contribution in [2.45, 2.75) is 75.5 Å². The van der Waals surface area contributed by atoms with Gasteiger partial charge in [0.2, 0.25) is 17.7 Å². The van der Waals surface area contributed by atoms with Crippen molar-refractivity contribution in [2.75, 3.05) is 13.1 Å². The molecular weight excluding hydrogens is 536 g/mol. The van der Waals surface area contributed by atoms with E-state index in [4.69, 9.17) is 28.0 Å². The largest absolute Gasteiger partial charge is 0.481 e. The number of guanidine groups is 1. The first-order valence-electron chi connectivity index (χ1n) is 13.3. The number of unbranched alkanes of at least 4 members (excludes halogenated alkanes) is 1. The Bertz CT molecular complexity index is 1030. The molecule has 15 heteroatoms. The van der Waals surface area contributed by atoms with E-state index in [0.29, 0.717) is 31.4 Å². The van der Waals surface area contributed by atoms with Crippen molar-refractivity contribution in [3.8, 4) is 0 Å². The third-order valence-corrected chi connectivity index (χ3v) is 6.06. The van der Waals surface area contributed by atoms with Gasteiger partial charge in [0.1, 0.15) is 18.1 Å². The van der Waals surface area contributed by atoms with Gasteiger partial charge in [0.25, 0.3) is 0 Å². The van der Waals surface area contributed by atoms with E-state index in [9.17, 15) is 29.1 Å². The van der Waals surface area contributed by atoms with E-state index in [1.807, 2.05) is 0 Å². The molecule has 1 aromatic rings. The molecule has 4 unspecified atom stereocenters. The zero-order chi connectivity index (χ0) is 30.8. The minimum Gasteiger partial charge on any atom is -0.481 e. The molecule has 0 radical (unpaired) electrons. The average molecular weight is 579 g/mol. The number of carbonyl (C=O) groups excluding carboxylic acids is 3. The Morgan fingerprint density at radius 3 is 1.93 bits per heavy atom. The highest BCUT2D eigenvalue weighted by atomic mass is 16.4. The van der Waals surface area contributed by atoms with E-state index in [0.717, 1.165) is 0 Å². The third-order valence-electron chi connectivity index (χ3n) is 6.06. The SMILES string of the molecule is NCCCCC(NC(=O)C(N)CCCN=C(N)N)C(=O)NC(CCC(=O)O)C(=O)NC(Cc1ccccc1)C(=O)O. The first-order chi connectivity index (χ1) is 19.4. The number of nitrogens with two attached hydrogens (primary N) is 4. The lowest BCUT2D eigenvalue weighted by atomic mass is 10.0. The number of rotatable bonds is 20. The molecular formula is C26H42N8O7. The Balaban J connectivity index is 2.99. The van der Waals surface area contributed by atoms with Crippen LogP contribution in [0.5, 0.6) is 0 Å². The van der Waals surface area contributed by atoms with Gasteiger partial charge in [-0.25, -0.2) is 4.79 Å². The quantitative estimate of drug-likeness (QED) is 0.0470. The number of aliphatic imine (C=N–C) groups is 1. The van der Waals surface area contributed by atoms with Gasteiger partial charge in [-0.15, -0.1) is 0 Å². The molecule has 0 fully saturated rings. The van der Waals surface area contributed by atoms with Crippen LogP contribution in [0.1, 0.15) is 50.5 Å². The molecule has 1 rings (SSSR count). The van der Waals surface area contributed by atoms with Crippen molar-refractivity contribution < 1.29 is 34.2 Å². The predicted octanol–water partition coefficient (Wildman–Crippen LogP) is -1.86. The maximum Gasteiger partial charge on any atom is 0.326 e. The lowest BCUT2D eigenvalue weighted by Gasteiger charge is -2.25. The van der Waals surface area contributed by atoms with Crippen molar-refractivity contribution in [1.29, 1.82) is 0 Å². The minimum atomic E-state index is -1.38. The second-order valence-corrected chi connectivity index (χ2v) is 9.48. The standard InChI is InChI=1S/C26H42N8O7/c27-13-5-4-10-18(32-22(37)17(28)9-6-14-31-26(29)30)23(38)33-19(11-12-21(35)36)24(39)34-20(25(40)41)15-16-7-2-1-3-8-16/h1-3,7-8,17-20H,4-6,9-15,27-28H2,(H,32,37)(H,33,38)(H,34,39)(H,35,36)(H,40,41)(H4,29,30,31). The second-order valence-electron chi connectivity index (χ2n) is 9.48. The average Bonchev–Trinajstić information content (AvgIpc) is 2.92. The molecule has 0 aliphatic heterocycles. The number of benzene rings is 1. The number of amides is 3. The van der Waals surface area contributed by atoms with Crippen LogP contribution in [0.3, 0.4) is 0 Å². The fourth-order valence-electron chi connectivity index (χ4n) is 3.82. The molecule has 0 aliphatic rings. The van der Waals surface area contributed by atoms with Crippen LogP contribution >= 0.6 is 0 Å². The molecule has 228 valence electrons. The molecule has 41 heavy (non-hydrogen) atoms. The summed E-state index contributed by atoms with van der Waals surface area (Å²) in [5.74, 6) is -4.82. The van der Waals surface area contributed by atoms with E-state index in [2.05, 4.69) is 20.9 Å². The molecule has 13 N–H and O–H groups in total. The topological polar surface area (TPSA) is 278 Å². The first-order valence-corrected chi connectivity index (χ1v) is 13.3. The maximum absolute atomic E-state index is 13.2. The molecule has 15 nitrogen and oxygen atoms in total. The lowest BCUT2D eigenvalue weighted by Crippen LogP contribution is -2.57. The molecule has 1 aromatic carbocycles. The molecule has 3 amide bonds. The van der Waals surface area contributed by atoms with Crippen molar-refractivity contribution in [2.24, 2.45) is 27.9 Å². The van der Waals surface area contributed by atoms with Gasteiger partial charge in [-0.1, -0.05) is 30.3 Å². The first kappa shape index (κ1) is 34.8. The van der Waals surface area contributed by atoms with Crippen LogP contribution in [-0.2, 0) is 30.4 Å². The minimum absolute atomic E-state index is 0.0274. The van der Waals surface area contributed by atoms with Gasteiger partial charge in [-0.05, 0) is 50.6 Å². The van der Waals surface area contributed by atoms with Crippen molar-refractivity contribution in [3.05, 3.63) is 35.9 Å². The monoisotopic (exact) mass is 578 g/mol. The number of carboxylic acids is 2. The fraction of sp³-hybridized carbons (Fsp3) is 0.538. The summed E-state index contributed by atoms with van der Waals surface area (Å²) in [6.07, 6.45) is 1.06. The number of aliphatic carboxylic acids is 2. The molecule has 0 saturated carbocycles. The van der Waals surface area contributed by atoms with Crippen molar-refractivity contribution in [3.63, 3.8) is 0 Å². The van der Waals surface area contributed by atoms with Crippen molar-refractivity contribution in [1.82, 2.24) is 16.0 Å². The summed E-state index contributed by atoms with van der Waals surface area (Å²) >= 11 is 0. The third kappa shape index (κ3) is 14.6. The van der Waals surface area contributed by atoms with Crippen LogP contribution in [0.15, 0.2) is 35.3 Å². The van der Waals surface area contributed by atoms with Crippen LogP contribution in [0, 0.1) is 0 Å². The Morgan fingerprint density at radius 2 is 1.37 bits per heavy atom. The highest BCUT2D eigenvalue weighted by Gasteiger charge is 2.30. The number of nitrogens with one attached hydrogen (secondary N) is 3. The summed E-state index contributed by atoms with van der Waals surface area (Å²) in [4.78, 5) is 65.9. The van der Waals surface area contributed by atoms with Crippen LogP contribution < -0.4 is 38.9 Å². The summed E-state index contributed by atoms with van der Waals surface area (Å²) in [5, 5.41) is 26.2. The molecule has 0 aliphatic carbocycles. The van der Waals surface area contributed by atoms with Gasteiger partial charge >= 0.3 is 11.9 Å². The Labute approximate surface area is 238 Å². The summed E-state index contributed by atoms with van der Waals surface area (Å²) < 4.78 is 0. The molecule has 0 bridgehead atoms. The lowest BCUT2D eigenvalue weighted by molar-refractivity contribution is -0.143. The highest BCUT2D eigenvalue weighted by Crippen LogP contribution is 2.08. The van der Waals surface area contributed by atoms with E-state index in [1.165, 1.54) is 0 Å². The molecule has 0 spiro atoms. The highest BCUT2D eigenvalue weighted by molar-refractivity contribution is 5.94. The Hall–Kier alpha value is -4.24. The summed E-state index contributed by atoms with van der Waals surface area (Å²) in [6, 6.07) is 3.84. The summed E-state index contributed by atoms with van der Waals surface area (Å²) in [6.45, 7) is 0.625. The normalized spacial score (nSPS) is 13.6. The van der Waals surface area contributed by atoms with Gasteiger partial charge in [0, 0.05) is 19.4 Å².